The van der Waals surface area contributed by atoms with Crippen molar-refractivity contribution in [3.63, 3.8) is 0 Å². The molecule has 0 aliphatic carbocycles. The van der Waals surface area contributed by atoms with Crippen molar-refractivity contribution in [2.75, 3.05) is 5.32 Å². The number of benzene rings is 2. The zero-order valence-electron chi connectivity index (χ0n) is 10.0. The lowest BCUT2D eigenvalue weighted by Crippen LogP contribution is -2.01. The van der Waals surface area contributed by atoms with E-state index in [0.717, 1.165) is 11.3 Å². The van der Waals surface area contributed by atoms with Crippen LogP contribution >= 0.6 is 11.6 Å². The van der Waals surface area contributed by atoms with E-state index >= 15 is 0 Å². The SMILES string of the molecule is N#Cc1ccc(NCc2ccccc2C#N)cc1Cl. The van der Waals surface area contributed by atoms with Crippen molar-refractivity contribution in [2.45, 2.75) is 6.54 Å². The van der Waals surface area contributed by atoms with Gasteiger partial charge in [-0.05, 0) is 29.8 Å². The molecule has 0 atom stereocenters. The number of rotatable bonds is 3. The summed E-state index contributed by atoms with van der Waals surface area (Å²) in [5.41, 5.74) is 2.83. The summed E-state index contributed by atoms with van der Waals surface area (Å²) in [6, 6.07) is 16.7. The highest BCUT2D eigenvalue weighted by Gasteiger charge is 2.03. The minimum absolute atomic E-state index is 0.418. The van der Waals surface area contributed by atoms with Crippen molar-refractivity contribution >= 4 is 17.3 Å². The fraction of sp³-hybridized carbons (Fsp3) is 0.0667. The molecule has 0 saturated heterocycles. The largest absolute Gasteiger partial charge is 0.381 e. The van der Waals surface area contributed by atoms with Gasteiger partial charge >= 0.3 is 0 Å². The Labute approximate surface area is 116 Å². The maximum absolute atomic E-state index is 8.99. The first kappa shape index (κ1) is 13.0. The van der Waals surface area contributed by atoms with Gasteiger partial charge in [-0.3, -0.25) is 0 Å². The van der Waals surface area contributed by atoms with Crippen molar-refractivity contribution in [3.05, 3.63) is 64.2 Å². The third-order valence-electron chi connectivity index (χ3n) is 2.71. The third-order valence-corrected chi connectivity index (χ3v) is 3.02. The molecule has 0 amide bonds. The van der Waals surface area contributed by atoms with E-state index in [9.17, 15) is 0 Å². The molecule has 2 aromatic carbocycles. The first-order valence-corrected chi connectivity index (χ1v) is 6.04. The lowest BCUT2D eigenvalue weighted by Gasteiger charge is -2.08. The normalized spacial score (nSPS) is 9.42. The Morgan fingerprint density at radius 1 is 1.00 bits per heavy atom. The topological polar surface area (TPSA) is 59.6 Å². The summed E-state index contributed by atoms with van der Waals surface area (Å²) in [6.07, 6.45) is 0. The van der Waals surface area contributed by atoms with Gasteiger partial charge in [-0.15, -0.1) is 0 Å². The van der Waals surface area contributed by atoms with Gasteiger partial charge < -0.3 is 5.32 Å². The van der Waals surface area contributed by atoms with E-state index in [4.69, 9.17) is 22.1 Å². The van der Waals surface area contributed by atoms with E-state index in [0.29, 0.717) is 22.7 Å². The number of nitriles is 2. The molecule has 2 aromatic rings. The van der Waals surface area contributed by atoms with Crippen LogP contribution in [-0.2, 0) is 6.54 Å². The Morgan fingerprint density at radius 3 is 2.42 bits per heavy atom. The maximum atomic E-state index is 8.99. The van der Waals surface area contributed by atoms with Crippen LogP contribution in [0.1, 0.15) is 16.7 Å². The van der Waals surface area contributed by atoms with Crippen molar-refractivity contribution in [2.24, 2.45) is 0 Å². The Morgan fingerprint density at radius 2 is 1.74 bits per heavy atom. The first-order valence-electron chi connectivity index (χ1n) is 5.66. The molecule has 1 N–H and O–H groups in total. The van der Waals surface area contributed by atoms with Crippen LogP contribution in [0.4, 0.5) is 5.69 Å². The molecule has 0 aliphatic heterocycles. The highest BCUT2D eigenvalue weighted by atomic mass is 35.5. The molecule has 0 aliphatic rings. The molecular weight excluding hydrogens is 258 g/mol. The lowest BCUT2D eigenvalue weighted by atomic mass is 10.1. The van der Waals surface area contributed by atoms with Gasteiger partial charge in [0.2, 0.25) is 0 Å². The van der Waals surface area contributed by atoms with E-state index < -0.39 is 0 Å². The average Bonchev–Trinajstić information content (AvgIpc) is 2.45. The maximum Gasteiger partial charge on any atom is 0.101 e. The Kier molecular flexibility index (Phi) is 4.03. The lowest BCUT2D eigenvalue weighted by molar-refractivity contribution is 1.14. The summed E-state index contributed by atoms with van der Waals surface area (Å²) in [6.45, 7) is 0.534. The number of nitrogens with one attached hydrogen (secondary N) is 1. The average molecular weight is 268 g/mol. The molecule has 0 saturated carbocycles. The van der Waals surface area contributed by atoms with Crippen LogP contribution in [0, 0.1) is 22.7 Å². The van der Waals surface area contributed by atoms with Gasteiger partial charge in [-0.1, -0.05) is 29.8 Å². The van der Waals surface area contributed by atoms with Crippen LogP contribution in [0.3, 0.4) is 0 Å². The standard InChI is InChI=1S/C15H10ClN3/c16-15-7-14(6-5-12(15)9-18)19-10-13-4-2-1-3-11(13)8-17/h1-7,19H,10H2. The molecule has 19 heavy (non-hydrogen) atoms. The van der Waals surface area contributed by atoms with Crippen LogP contribution in [0.25, 0.3) is 0 Å². The molecule has 0 spiro atoms. The van der Waals surface area contributed by atoms with Crippen LogP contribution in [0.15, 0.2) is 42.5 Å². The minimum atomic E-state index is 0.418. The van der Waals surface area contributed by atoms with E-state index in [2.05, 4.69) is 11.4 Å². The van der Waals surface area contributed by atoms with E-state index in [1.165, 1.54) is 0 Å². The van der Waals surface area contributed by atoms with Gasteiger partial charge in [-0.25, -0.2) is 0 Å². The van der Waals surface area contributed by atoms with Crippen LogP contribution < -0.4 is 5.32 Å². The summed E-state index contributed by atoms with van der Waals surface area (Å²) in [5, 5.41) is 21.4. The summed E-state index contributed by atoms with van der Waals surface area (Å²) < 4.78 is 0. The quantitative estimate of drug-likeness (QED) is 0.922. The van der Waals surface area contributed by atoms with Crippen molar-refractivity contribution in [1.29, 1.82) is 10.5 Å². The van der Waals surface area contributed by atoms with E-state index in [1.807, 2.05) is 24.3 Å². The molecule has 3 nitrogen and oxygen atoms in total. The van der Waals surface area contributed by atoms with Gasteiger partial charge in [0.1, 0.15) is 6.07 Å². The molecule has 0 unspecified atom stereocenters. The Bertz CT molecular complexity index is 681. The van der Waals surface area contributed by atoms with Crippen LogP contribution in [-0.4, -0.2) is 0 Å². The zero-order valence-corrected chi connectivity index (χ0v) is 10.8. The van der Waals surface area contributed by atoms with Crippen LogP contribution in [0.5, 0.6) is 0 Å². The van der Waals surface area contributed by atoms with Crippen LogP contribution in [0.2, 0.25) is 5.02 Å². The zero-order chi connectivity index (χ0) is 13.7. The number of hydrogen-bond donors (Lipinski definition) is 1. The first-order chi connectivity index (χ1) is 9.24. The highest BCUT2D eigenvalue weighted by Crippen LogP contribution is 2.21. The molecule has 2 rings (SSSR count). The molecule has 0 fully saturated rings. The predicted octanol–water partition coefficient (Wildman–Crippen LogP) is 3.70. The number of nitrogens with zero attached hydrogens (tertiary/aromatic N) is 2. The van der Waals surface area contributed by atoms with Gasteiger partial charge in [0.25, 0.3) is 0 Å². The van der Waals surface area contributed by atoms with Gasteiger partial charge in [0, 0.05) is 12.2 Å². The van der Waals surface area contributed by atoms with Gasteiger partial charge in [0.05, 0.1) is 22.2 Å². The Hall–Kier alpha value is -2.49. The van der Waals surface area contributed by atoms with Gasteiger partial charge in [-0.2, -0.15) is 10.5 Å². The molecule has 0 aromatic heterocycles. The van der Waals surface area contributed by atoms with Gasteiger partial charge in [0.15, 0.2) is 0 Å². The smallest absolute Gasteiger partial charge is 0.101 e. The molecule has 0 bridgehead atoms. The molecule has 0 heterocycles. The molecule has 4 heteroatoms. The molecule has 92 valence electrons. The second-order valence-corrected chi connectivity index (χ2v) is 4.34. The fourth-order valence-electron chi connectivity index (χ4n) is 1.70. The van der Waals surface area contributed by atoms with Crippen molar-refractivity contribution in [3.8, 4) is 12.1 Å². The number of anilines is 1. The summed E-state index contributed by atoms with van der Waals surface area (Å²) >= 11 is 5.95. The minimum Gasteiger partial charge on any atom is -0.381 e. The van der Waals surface area contributed by atoms with E-state index in [-0.39, 0.29) is 0 Å². The fourth-order valence-corrected chi connectivity index (χ4v) is 1.92. The summed E-state index contributed by atoms with van der Waals surface area (Å²) in [4.78, 5) is 0. The summed E-state index contributed by atoms with van der Waals surface area (Å²) in [5.74, 6) is 0. The molecule has 0 radical (unpaired) electrons. The highest BCUT2D eigenvalue weighted by molar-refractivity contribution is 6.32. The number of halogens is 1. The second-order valence-electron chi connectivity index (χ2n) is 3.93. The van der Waals surface area contributed by atoms with Crippen molar-refractivity contribution in [1.82, 2.24) is 0 Å². The Balaban J connectivity index is 2.13. The third kappa shape index (κ3) is 3.04. The van der Waals surface area contributed by atoms with Crippen molar-refractivity contribution < 1.29 is 0 Å². The number of hydrogen-bond acceptors (Lipinski definition) is 3. The summed E-state index contributed by atoms with van der Waals surface area (Å²) in [7, 11) is 0. The monoisotopic (exact) mass is 267 g/mol. The second kappa shape index (κ2) is 5.91. The van der Waals surface area contributed by atoms with E-state index in [1.54, 1.807) is 24.3 Å². The predicted molar refractivity (Wildman–Crippen MR) is 74.7 cm³/mol. The molecular formula is C15H10ClN3.